The molecular weight excluding hydrogens is 256 g/mol. The van der Waals surface area contributed by atoms with Crippen LogP contribution in [0.5, 0.6) is 0 Å². The fraction of sp³-hybridized carbons (Fsp3) is 0.786. The number of rotatable bonds is 2. The first-order chi connectivity index (χ1) is 9.58. The molecule has 1 spiro atoms. The van der Waals surface area contributed by atoms with Gasteiger partial charge in [-0.25, -0.2) is 4.99 Å². The van der Waals surface area contributed by atoms with E-state index in [0.717, 1.165) is 32.1 Å². The average molecular weight is 274 g/mol. The number of nitriles is 2. The monoisotopic (exact) mass is 274 g/mol. The zero-order valence-electron chi connectivity index (χ0n) is 11.8. The molecular formula is C14H18N4O2. The highest BCUT2D eigenvalue weighted by Gasteiger charge is 3.00. The molecule has 2 fully saturated rings. The van der Waals surface area contributed by atoms with Crippen LogP contribution in [0.3, 0.4) is 0 Å². The summed E-state index contributed by atoms with van der Waals surface area (Å²) in [6.45, 7) is 0. The second-order valence-corrected chi connectivity index (χ2v) is 5.85. The fourth-order valence-electron chi connectivity index (χ4n) is 4.89. The largest absolute Gasteiger partial charge is 0.386 e. The summed E-state index contributed by atoms with van der Waals surface area (Å²) in [5.74, 6) is -1.27. The van der Waals surface area contributed by atoms with Crippen LogP contribution in [0.1, 0.15) is 32.1 Å². The number of aliphatic imine (C=N–C) groups is 1. The second-order valence-electron chi connectivity index (χ2n) is 5.85. The molecule has 1 heterocycles. The van der Waals surface area contributed by atoms with Crippen molar-refractivity contribution < 1.29 is 9.47 Å². The van der Waals surface area contributed by atoms with Gasteiger partial charge in [0.1, 0.15) is 11.3 Å². The van der Waals surface area contributed by atoms with Crippen LogP contribution in [0.25, 0.3) is 0 Å². The highest BCUT2D eigenvalue weighted by molar-refractivity contribution is 6.00. The van der Waals surface area contributed by atoms with Gasteiger partial charge < -0.3 is 15.2 Å². The van der Waals surface area contributed by atoms with E-state index in [2.05, 4.69) is 17.1 Å². The summed E-state index contributed by atoms with van der Waals surface area (Å²) in [6, 6.07) is 4.62. The van der Waals surface area contributed by atoms with Gasteiger partial charge in [0, 0.05) is 19.6 Å². The van der Waals surface area contributed by atoms with Gasteiger partial charge in [-0.1, -0.05) is 19.3 Å². The van der Waals surface area contributed by atoms with Gasteiger partial charge >= 0.3 is 0 Å². The summed E-state index contributed by atoms with van der Waals surface area (Å²) < 4.78 is 10.9. The van der Waals surface area contributed by atoms with Crippen molar-refractivity contribution in [2.75, 3.05) is 14.2 Å². The predicted molar refractivity (Wildman–Crippen MR) is 70.0 cm³/mol. The lowest BCUT2D eigenvalue weighted by molar-refractivity contribution is -0.238. The Balaban J connectivity index is 2.26. The molecule has 2 N–H and O–H groups in total. The Hall–Kier alpha value is -1.63. The highest BCUT2D eigenvalue weighted by atomic mass is 16.7. The molecule has 2 aliphatic carbocycles. The number of amidine groups is 1. The molecule has 0 unspecified atom stereocenters. The number of nitrogens with zero attached hydrogens (tertiary/aromatic N) is 3. The van der Waals surface area contributed by atoms with E-state index in [0.29, 0.717) is 0 Å². The number of fused-ring (bicyclic) bond motifs is 3. The van der Waals surface area contributed by atoms with Crippen LogP contribution in [-0.4, -0.2) is 26.0 Å². The summed E-state index contributed by atoms with van der Waals surface area (Å²) in [5.41, 5.74) is 3.39. The minimum atomic E-state index is -1.46. The summed E-state index contributed by atoms with van der Waals surface area (Å²) in [4.78, 5) is 4.23. The molecule has 6 nitrogen and oxygen atoms in total. The van der Waals surface area contributed by atoms with E-state index in [1.165, 1.54) is 14.2 Å². The maximum atomic E-state index is 9.91. The van der Waals surface area contributed by atoms with Gasteiger partial charge in [0.05, 0.1) is 12.1 Å². The molecule has 1 aliphatic heterocycles. The van der Waals surface area contributed by atoms with E-state index >= 15 is 0 Å². The molecule has 0 bridgehead atoms. The van der Waals surface area contributed by atoms with E-state index in [9.17, 15) is 10.5 Å². The van der Waals surface area contributed by atoms with Crippen molar-refractivity contribution in [3.8, 4) is 12.1 Å². The maximum Gasteiger partial charge on any atom is 0.292 e. The molecule has 106 valence electrons. The van der Waals surface area contributed by atoms with Crippen LogP contribution in [-0.2, 0) is 9.47 Å². The normalized spacial score (nSPS) is 39.5. The van der Waals surface area contributed by atoms with Crippen LogP contribution < -0.4 is 5.73 Å². The smallest absolute Gasteiger partial charge is 0.292 e. The van der Waals surface area contributed by atoms with E-state index < -0.39 is 22.2 Å². The van der Waals surface area contributed by atoms with Crippen LogP contribution in [0, 0.1) is 38.9 Å². The number of hydrogen-bond donors (Lipinski definition) is 1. The van der Waals surface area contributed by atoms with Crippen molar-refractivity contribution in [3.05, 3.63) is 0 Å². The zero-order chi connectivity index (χ0) is 14.6. The molecule has 0 aromatic heterocycles. The van der Waals surface area contributed by atoms with Gasteiger partial charge in [-0.3, -0.25) is 0 Å². The Morgan fingerprint density at radius 3 is 2.15 bits per heavy atom. The first kappa shape index (κ1) is 13.4. The third-order valence-corrected chi connectivity index (χ3v) is 5.66. The standard InChI is InChI=1S/C14H18N4O2/c1-19-14(20-2)13(9-16)11(6-4-3-5-7-11)12(13,8-15)10(17)18-14/h3-7H2,1-2H3,(H2,17,18)/t12-,13-/m1/s1. The molecule has 0 amide bonds. The lowest BCUT2D eigenvalue weighted by atomic mass is 9.76. The summed E-state index contributed by atoms with van der Waals surface area (Å²) in [6.07, 6.45) is 4.68. The lowest BCUT2D eigenvalue weighted by Crippen LogP contribution is -2.44. The van der Waals surface area contributed by atoms with Gasteiger partial charge in [-0.2, -0.15) is 10.5 Å². The molecule has 6 heteroatoms. The van der Waals surface area contributed by atoms with Crippen molar-refractivity contribution in [3.63, 3.8) is 0 Å². The maximum absolute atomic E-state index is 9.91. The van der Waals surface area contributed by atoms with Crippen molar-refractivity contribution in [2.45, 2.75) is 38.0 Å². The van der Waals surface area contributed by atoms with Gasteiger partial charge in [-0.05, 0) is 12.8 Å². The van der Waals surface area contributed by atoms with Crippen LogP contribution in [0.4, 0.5) is 0 Å². The molecule has 0 saturated heterocycles. The second kappa shape index (κ2) is 3.72. The van der Waals surface area contributed by atoms with Crippen molar-refractivity contribution >= 4 is 5.84 Å². The van der Waals surface area contributed by atoms with Crippen molar-refractivity contribution in [1.82, 2.24) is 0 Å². The van der Waals surface area contributed by atoms with Gasteiger partial charge in [-0.15, -0.1) is 0 Å². The van der Waals surface area contributed by atoms with Crippen LogP contribution >= 0.6 is 0 Å². The Bertz CT molecular complexity index is 563. The molecule has 0 radical (unpaired) electrons. The molecule has 3 aliphatic rings. The third kappa shape index (κ3) is 0.905. The van der Waals surface area contributed by atoms with Gasteiger partial charge in [0.2, 0.25) is 0 Å². The number of ether oxygens (including phenoxy) is 2. The minimum absolute atomic E-state index is 0.187. The zero-order valence-corrected chi connectivity index (χ0v) is 11.8. The number of hydrogen-bond acceptors (Lipinski definition) is 6. The molecule has 3 rings (SSSR count). The van der Waals surface area contributed by atoms with Crippen molar-refractivity contribution in [1.29, 1.82) is 10.5 Å². The Morgan fingerprint density at radius 2 is 1.70 bits per heavy atom. The SMILES string of the molecule is COC1(OC)N=C(N)[C@]2(C#N)C3(CCCCC3)[C@@]12C#N. The van der Waals surface area contributed by atoms with Crippen LogP contribution in [0.15, 0.2) is 4.99 Å². The topological polar surface area (TPSA) is 104 Å². The molecule has 20 heavy (non-hydrogen) atoms. The predicted octanol–water partition coefficient (Wildman–Crippen LogP) is 1.29. The molecule has 0 aromatic rings. The molecule has 2 saturated carbocycles. The third-order valence-electron chi connectivity index (χ3n) is 5.66. The van der Waals surface area contributed by atoms with Gasteiger partial charge in [0.15, 0.2) is 5.41 Å². The van der Waals surface area contributed by atoms with Crippen LogP contribution in [0.2, 0.25) is 0 Å². The Labute approximate surface area is 118 Å². The van der Waals surface area contributed by atoms with E-state index in [4.69, 9.17) is 15.2 Å². The Kier molecular flexibility index (Phi) is 2.48. The summed E-state index contributed by atoms with van der Waals surface area (Å²) >= 11 is 0. The summed E-state index contributed by atoms with van der Waals surface area (Å²) in [5, 5.41) is 19.7. The fourth-order valence-corrected chi connectivity index (χ4v) is 4.89. The lowest BCUT2D eigenvalue weighted by Gasteiger charge is -2.35. The number of nitrogens with two attached hydrogens (primary N) is 1. The summed E-state index contributed by atoms with van der Waals surface area (Å²) in [7, 11) is 2.89. The van der Waals surface area contributed by atoms with E-state index in [1.54, 1.807) is 0 Å². The Morgan fingerprint density at radius 1 is 1.10 bits per heavy atom. The van der Waals surface area contributed by atoms with E-state index in [1.807, 2.05) is 0 Å². The quantitative estimate of drug-likeness (QED) is 0.764. The minimum Gasteiger partial charge on any atom is -0.386 e. The van der Waals surface area contributed by atoms with Crippen molar-refractivity contribution in [2.24, 2.45) is 27.0 Å². The molecule has 0 aromatic carbocycles. The highest BCUT2D eigenvalue weighted by Crippen LogP contribution is 2.88. The first-order valence-electron chi connectivity index (χ1n) is 6.86. The van der Waals surface area contributed by atoms with E-state index in [-0.39, 0.29) is 5.84 Å². The average Bonchev–Trinajstić information content (AvgIpc) is 2.89. The molecule has 2 atom stereocenters. The first-order valence-corrected chi connectivity index (χ1v) is 6.86. The van der Waals surface area contributed by atoms with Gasteiger partial charge in [0.25, 0.3) is 5.91 Å². The number of methoxy groups -OCH3 is 2.